The SMILES string of the molecule is COc1cc(Cl)ccc1C(=O)NCCCC1CNNC1C. The number of hydrogen-bond acceptors (Lipinski definition) is 4. The highest BCUT2D eigenvalue weighted by Crippen LogP contribution is 2.23. The van der Waals surface area contributed by atoms with Gasteiger partial charge in [-0.15, -0.1) is 0 Å². The van der Waals surface area contributed by atoms with E-state index in [9.17, 15) is 4.79 Å². The van der Waals surface area contributed by atoms with Crippen molar-refractivity contribution in [2.75, 3.05) is 20.2 Å². The summed E-state index contributed by atoms with van der Waals surface area (Å²) in [5.74, 6) is 0.990. The van der Waals surface area contributed by atoms with Crippen LogP contribution in [-0.4, -0.2) is 32.1 Å². The van der Waals surface area contributed by atoms with Crippen LogP contribution in [0, 0.1) is 5.92 Å². The molecule has 116 valence electrons. The molecule has 1 amide bonds. The van der Waals surface area contributed by atoms with Crippen LogP contribution in [0.4, 0.5) is 0 Å². The van der Waals surface area contributed by atoms with Gasteiger partial charge < -0.3 is 10.1 Å². The maximum Gasteiger partial charge on any atom is 0.255 e. The van der Waals surface area contributed by atoms with Gasteiger partial charge in [0, 0.05) is 24.2 Å². The third kappa shape index (κ3) is 4.33. The summed E-state index contributed by atoms with van der Waals surface area (Å²) < 4.78 is 5.19. The van der Waals surface area contributed by atoms with Gasteiger partial charge in [-0.25, -0.2) is 0 Å². The van der Waals surface area contributed by atoms with Crippen LogP contribution in [0.25, 0.3) is 0 Å². The second-order valence-electron chi connectivity index (χ2n) is 5.32. The molecule has 0 aromatic heterocycles. The van der Waals surface area contributed by atoms with E-state index >= 15 is 0 Å². The van der Waals surface area contributed by atoms with Crippen molar-refractivity contribution < 1.29 is 9.53 Å². The first-order valence-corrected chi connectivity index (χ1v) is 7.59. The summed E-state index contributed by atoms with van der Waals surface area (Å²) in [5.41, 5.74) is 6.86. The highest BCUT2D eigenvalue weighted by atomic mass is 35.5. The van der Waals surface area contributed by atoms with Gasteiger partial charge in [-0.2, -0.15) is 0 Å². The third-order valence-electron chi connectivity index (χ3n) is 3.85. The van der Waals surface area contributed by atoms with Gasteiger partial charge in [0.2, 0.25) is 0 Å². The number of ether oxygens (including phenoxy) is 1. The van der Waals surface area contributed by atoms with Gasteiger partial charge in [0.15, 0.2) is 0 Å². The molecule has 1 aliphatic rings. The van der Waals surface area contributed by atoms with Crippen LogP contribution in [0.5, 0.6) is 5.75 Å². The number of halogens is 1. The van der Waals surface area contributed by atoms with Crippen LogP contribution in [0.2, 0.25) is 5.02 Å². The lowest BCUT2D eigenvalue weighted by Gasteiger charge is -2.14. The predicted octanol–water partition coefficient (Wildman–Crippen LogP) is 1.97. The number of nitrogens with one attached hydrogen (secondary N) is 3. The summed E-state index contributed by atoms with van der Waals surface area (Å²) in [6.45, 7) is 3.82. The minimum absolute atomic E-state index is 0.126. The second kappa shape index (κ2) is 7.64. The van der Waals surface area contributed by atoms with Crippen molar-refractivity contribution in [1.29, 1.82) is 0 Å². The zero-order valence-electron chi connectivity index (χ0n) is 12.4. The fraction of sp³-hybridized carbons (Fsp3) is 0.533. The van der Waals surface area contributed by atoms with Crippen LogP contribution in [0.3, 0.4) is 0 Å². The Morgan fingerprint density at radius 3 is 3.00 bits per heavy atom. The van der Waals surface area contributed by atoms with Gasteiger partial charge >= 0.3 is 0 Å². The maximum atomic E-state index is 12.1. The largest absolute Gasteiger partial charge is 0.496 e. The van der Waals surface area contributed by atoms with Gasteiger partial charge in [-0.05, 0) is 43.9 Å². The lowest BCUT2D eigenvalue weighted by atomic mass is 9.98. The Labute approximate surface area is 130 Å². The Balaban J connectivity index is 1.79. The average Bonchev–Trinajstić information content (AvgIpc) is 2.88. The number of methoxy groups -OCH3 is 1. The van der Waals surface area contributed by atoms with Crippen molar-refractivity contribution in [3.05, 3.63) is 28.8 Å². The number of hydrazine groups is 1. The Morgan fingerprint density at radius 1 is 1.52 bits per heavy atom. The number of amides is 1. The Hall–Kier alpha value is -1.30. The molecule has 0 aliphatic carbocycles. The van der Waals surface area contributed by atoms with Crippen LogP contribution in [0.15, 0.2) is 18.2 Å². The molecule has 1 saturated heterocycles. The maximum absolute atomic E-state index is 12.1. The smallest absolute Gasteiger partial charge is 0.255 e. The van der Waals surface area contributed by atoms with Crippen molar-refractivity contribution in [1.82, 2.24) is 16.2 Å². The van der Waals surface area contributed by atoms with E-state index in [2.05, 4.69) is 23.1 Å². The molecular weight excluding hydrogens is 290 g/mol. The zero-order chi connectivity index (χ0) is 15.2. The Bertz CT molecular complexity index is 496. The molecule has 2 atom stereocenters. The van der Waals surface area contributed by atoms with Crippen molar-refractivity contribution in [2.24, 2.45) is 5.92 Å². The highest BCUT2D eigenvalue weighted by molar-refractivity contribution is 6.30. The van der Waals surface area contributed by atoms with E-state index < -0.39 is 0 Å². The van der Waals surface area contributed by atoms with Gasteiger partial charge in [-0.1, -0.05) is 11.6 Å². The second-order valence-corrected chi connectivity index (χ2v) is 5.75. The fourth-order valence-corrected chi connectivity index (χ4v) is 2.67. The third-order valence-corrected chi connectivity index (χ3v) is 4.08. The lowest BCUT2D eigenvalue weighted by Crippen LogP contribution is -2.29. The van der Waals surface area contributed by atoms with E-state index in [0.29, 0.717) is 34.8 Å². The molecule has 0 bridgehead atoms. The van der Waals surface area contributed by atoms with E-state index in [1.807, 2.05) is 0 Å². The molecule has 6 heteroatoms. The Kier molecular flexibility index (Phi) is 5.85. The van der Waals surface area contributed by atoms with E-state index in [1.54, 1.807) is 18.2 Å². The van der Waals surface area contributed by atoms with Gasteiger partial charge in [0.1, 0.15) is 5.75 Å². The van der Waals surface area contributed by atoms with Crippen molar-refractivity contribution in [3.8, 4) is 5.75 Å². The van der Waals surface area contributed by atoms with Crippen LogP contribution < -0.4 is 20.9 Å². The molecule has 0 radical (unpaired) electrons. The highest BCUT2D eigenvalue weighted by Gasteiger charge is 2.21. The Morgan fingerprint density at radius 2 is 2.33 bits per heavy atom. The van der Waals surface area contributed by atoms with Crippen molar-refractivity contribution >= 4 is 17.5 Å². The number of benzene rings is 1. The molecule has 1 heterocycles. The molecule has 1 aromatic carbocycles. The molecule has 2 rings (SSSR count). The molecule has 3 N–H and O–H groups in total. The van der Waals surface area contributed by atoms with Gasteiger partial charge in [0.25, 0.3) is 5.91 Å². The molecule has 0 saturated carbocycles. The topological polar surface area (TPSA) is 62.4 Å². The summed E-state index contributed by atoms with van der Waals surface area (Å²) in [4.78, 5) is 12.1. The normalized spacial score (nSPS) is 21.3. The monoisotopic (exact) mass is 311 g/mol. The van der Waals surface area contributed by atoms with E-state index in [4.69, 9.17) is 16.3 Å². The quantitative estimate of drug-likeness (QED) is 0.703. The standard InChI is InChI=1S/C15H22ClN3O2/c1-10-11(9-18-19-10)4-3-7-17-15(20)13-6-5-12(16)8-14(13)21-2/h5-6,8,10-11,18-19H,3-4,7,9H2,1-2H3,(H,17,20). The van der Waals surface area contributed by atoms with Crippen LogP contribution in [-0.2, 0) is 0 Å². The summed E-state index contributed by atoms with van der Waals surface area (Å²) in [5, 5.41) is 3.48. The minimum atomic E-state index is -0.126. The number of carbonyl (C=O) groups excluding carboxylic acids is 1. The fourth-order valence-electron chi connectivity index (χ4n) is 2.51. The first-order valence-electron chi connectivity index (χ1n) is 7.22. The van der Waals surface area contributed by atoms with E-state index in [0.717, 1.165) is 19.4 Å². The molecule has 2 unspecified atom stereocenters. The molecule has 1 aliphatic heterocycles. The van der Waals surface area contributed by atoms with E-state index in [-0.39, 0.29) is 5.91 Å². The number of hydrogen-bond donors (Lipinski definition) is 3. The van der Waals surface area contributed by atoms with Crippen molar-refractivity contribution in [2.45, 2.75) is 25.8 Å². The minimum Gasteiger partial charge on any atom is -0.496 e. The lowest BCUT2D eigenvalue weighted by molar-refractivity contribution is 0.0949. The molecule has 21 heavy (non-hydrogen) atoms. The molecule has 5 nitrogen and oxygen atoms in total. The average molecular weight is 312 g/mol. The van der Waals surface area contributed by atoms with Gasteiger partial charge in [-0.3, -0.25) is 15.6 Å². The molecule has 0 spiro atoms. The zero-order valence-corrected chi connectivity index (χ0v) is 13.2. The predicted molar refractivity (Wildman–Crippen MR) is 83.7 cm³/mol. The molecular formula is C15H22ClN3O2. The van der Waals surface area contributed by atoms with Gasteiger partial charge in [0.05, 0.1) is 12.7 Å². The summed E-state index contributed by atoms with van der Waals surface area (Å²) in [7, 11) is 1.53. The number of rotatable bonds is 6. The summed E-state index contributed by atoms with van der Waals surface area (Å²) >= 11 is 5.89. The van der Waals surface area contributed by atoms with Crippen LogP contribution >= 0.6 is 11.6 Å². The summed E-state index contributed by atoms with van der Waals surface area (Å²) in [6, 6.07) is 5.51. The van der Waals surface area contributed by atoms with Crippen LogP contribution in [0.1, 0.15) is 30.1 Å². The van der Waals surface area contributed by atoms with E-state index in [1.165, 1.54) is 7.11 Å². The molecule has 1 fully saturated rings. The molecule has 1 aromatic rings. The first-order chi connectivity index (χ1) is 10.1. The summed E-state index contributed by atoms with van der Waals surface area (Å²) in [6.07, 6.45) is 2.04. The number of carbonyl (C=O) groups is 1. The first kappa shape index (κ1) is 16.1. The van der Waals surface area contributed by atoms with Crippen molar-refractivity contribution in [3.63, 3.8) is 0 Å².